The second-order valence-electron chi connectivity index (χ2n) is 4.78. The van der Waals surface area contributed by atoms with Crippen LogP contribution in [0.5, 0.6) is 0 Å². The summed E-state index contributed by atoms with van der Waals surface area (Å²) < 4.78 is 7.24. The minimum Gasteiger partial charge on any atom is -0.478 e. The number of aromatic nitrogens is 4. The molecule has 1 fully saturated rings. The Balaban J connectivity index is 1.67. The maximum Gasteiger partial charge on any atom is 0.338 e. The highest BCUT2D eigenvalue weighted by molar-refractivity contribution is 5.86. The molecule has 2 aromatic rings. The van der Waals surface area contributed by atoms with E-state index in [9.17, 15) is 4.79 Å². The minimum absolute atomic E-state index is 0.0541. The molecular weight excluding hydrogens is 274 g/mol. The van der Waals surface area contributed by atoms with E-state index in [4.69, 9.17) is 9.84 Å². The molecule has 21 heavy (non-hydrogen) atoms. The first-order valence-corrected chi connectivity index (χ1v) is 6.66. The van der Waals surface area contributed by atoms with E-state index in [2.05, 4.69) is 20.4 Å². The van der Waals surface area contributed by atoms with Gasteiger partial charge in [-0.3, -0.25) is 4.68 Å². The summed E-state index contributed by atoms with van der Waals surface area (Å²) in [5, 5.41) is 16.1. The SMILES string of the molecule is O=C(O)c1cnc(Nc2cnn(C3CCOCC3)c2)nc1. The second-order valence-corrected chi connectivity index (χ2v) is 4.78. The van der Waals surface area contributed by atoms with Crippen molar-refractivity contribution in [2.75, 3.05) is 18.5 Å². The van der Waals surface area contributed by atoms with Gasteiger partial charge in [-0.25, -0.2) is 14.8 Å². The largest absolute Gasteiger partial charge is 0.478 e. The molecule has 8 nitrogen and oxygen atoms in total. The molecule has 1 aliphatic heterocycles. The zero-order chi connectivity index (χ0) is 14.7. The molecule has 0 unspecified atom stereocenters. The molecule has 1 saturated heterocycles. The van der Waals surface area contributed by atoms with E-state index < -0.39 is 5.97 Å². The number of nitrogens with one attached hydrogen (secondary N) is 1. The number of ether oxygens (including phenoxy) is 1. The topological polar surface area (TPSA) is 102 Å². The van der Waals surface area contributed by atoms with Gasteiger partial charge in [-0.15, -0.1) is 0 Å². The number of carboxylic acid groups (broad SMARTS) is 1. The van der Waals surface area contributed by atoms with Crippen LogP contribution in [0.3, 0.4) is 0 Å². The van der Waals surface area contributed by atoms with Gasteiger partial charge in [-0.05, 0) is 12.8 Å². The quantitative estimate of drug-likeness (QED) is 0.878. The molecule has 2 aromatic heterocycles. The average Bonchev–Trinajstić information content (AvgIpc) is 2.97. The molecule has 3 heterocycles. The zero-order valence-corrected chi connectivity index (χ0v) is 11.3. The Morgan fingerprint density at radius 3 is 2.67 bits per heavy atom. The maximum absolute atomic E-state index is 10.7. The summed E-state index contributed by atoms with van der Waals surface area (Å²) in [4.78, 5) is 18.6. The molecule has 1 aliphatic rings. The van der Waals surface area contributed by atoms with E-state index in [1.165, 1.54) is 12.4 Å². The van der Waals surface area contributed by atoms with Gasteiger partial charge < -0.3 is 15.2 Å². The van der Waals surface area contributed by atoms with Crippen LogP contribution in [0, 0.1) is 0 Å². The van der Waals surface area contributed by atoms with Crippen molar-refractivity contribution in [2.24, 2.45) is 0 Å². The monoisotopic (exact) mass is 289 g/mol. The van der Waals surface area contributed by atoms with Crippen LogP contribution in [0.2, 0.25) is 0 Å². The fraction of sp³-hybridized carbons (Fsp3) is 0.385. The predicted octanol–water partition coefficient (Wildman–Crippen LogP) is 1.47. The Bertz CT molecular complexity index is 619. The molecule has 0 radical (unpaired) electrons. The van der Waals surface area contributed by atoms with Gasteiger partial charge in [0.15, 0.2) is 0 Å². The molecule has 0 atom stereocenters. The van der Waals surface area contributed by atoms with Crippen molar-refractivity contribution in [3.05, 3.63) is 30.4 Å². The summed E-state index contributed by atoms with van der Waals surface area (Å²) in [7, 11) is 0. The van der Waals surface area contributed by atoms with E-state index in [1.54, 1.807) is 6.20 Å². The molecule has 2 N–H and O–H groups in total. The summed E-state index contributed by atoms with van der Waals surface area (Å²) in [6, 6.07) is 0.351. The Labute approximate surface area is 120 Å². The Hall–Kier alpha value is -2.48. The molecule has 0 aliphatic carbocycles. The summed E-state index contributed by atoms with van der Waals surface area (Å²) in [6.07, 6.45) is 8.02. The number of aromatic carboxylic acids is 1. The third-order valence-corrected chi connectivity index (χ3v) is 3.32. The van der Waals surface area contributed by atoms with Crippen molar-refractivity contribution in [2.45, 2.75) is 18.9 Å². The summed E-state index contributed by atoms with van der Waals surface area (Å²) in [6.45, 7) is 1.51. The van der Waals surface area contributed by atoms with Crippen LogP contribution >= 0.6 is 0 Å². The number of hydrogen-bond acceptors (Lipinski definition) is 6. The van der Waals surface area contributed by atoms with E-state index in [0.29, 0.717) is 12.0 Å². The number of rotatable bonds is 4. The van der Waals surface area contributed by atoms with Crippen molar-refractivity contribution in [3.63, 3.8) is 0 Å². The summed E-state index contributed by atoms with van der Waals surface area (Å²) >= 11 is 0. The molecule has 8 heteroatoms. The lowest BCUT2D eigenvalue weighted by Gasteiger charge is -2.22. The minimum atomic E-state index is -1.05. The van der Waals surface area contributed by atoms with Gasteiger partial charge in [0.1, 0.15) is 0 Å². The zero-order valence-electron chi connectivity index (χ0n) is 11.3. The van der Waals surface area contributed by atoms with Crippen LogP contribution in [-0.4, -0.2) is 44.0 Å². The molecule has 0 bridgehead atoms. The summed E-state index contributed by atoms with van der Waals surface area (Å²) in [5.41, 5.74) is 0.822. The highest BCUT2D eigenvalue weighted by Gasteiger charge is 2.16. The van der Waals surface area contributed by atoms with E-state index >= 15 is 0 Å². The van der Waals surface area contributed by atoms with Crippen molar-refractivity contribution >= 4 is 17.6 Å². The average molecular weight is 289 g/mol. The van der Waals surface area contributed by atoms with Gasteiger partial charge in [-0.1, -0.05) is 0 Å². The van der Waals surface area contributed by atoms with Crippen LogP contribution < -0.4 is 5.32 Å². The van der Waals surface area contributed by atoms with Gasteiger partial charge in [0, 0.05) is 31.8 Å². The van der Waals surface area contributed by atoms with Gasteiger partial charge in [0.2, 0.25) is 5.95 Å². The lowest BCUT2D eigenvalue weighted by atomic mass is 10.1. The van der Waals surface area contributed by atoms with Gasteiger partial charge in [-0.2, -0.15) is 5.10 Å². The number of carbonyl (C=O) groups is 1. The third-order valence-electron chi connectivity index (χ3n) is 3.32. The van der Waals surface area contributed by atoms with Crippen molar-refractivity contribution < 1.29 is 14.6 Å². The van der Waals surface area contributed by atoms with Crippen molar-refractivity contribution in [3.8, 4) is 0 Å². The second kappa shape index (κ2) is 5.88. The number of anilines is 2. The van der Waals surface area contributed by atoms with Gasteiger partial charge in [0.25, 0.3) is 0 Å². The molecule has 0 amide bonds. The molecular formula is C13H15N5O3. The smallest absolute Gasteiger partial charge is 0.338 e. The fourth-order valence-electron chi connectivity index (χ4n) is 2.18. The van der Waals surface area contributed by atoms with Crippen molar-refractivity contribution in [1.82, 2.24) is 19.7 Å². The first-order valence-electron chi connectivity index (χ1n) is 6.66. The summed E-state index contributed by atoms with van der Waals surface area (Å²) in [5.74, 6) is -0.708. The van der Waals surface area contributed by atoms with Gasteiger partial charge >= 0.3 is 5.97 Å². The highest BCUT2D eigenvalue weighted by Crippen LogP contribution is 2.22. The third kappa shape index (κ3) is 3.16. The fourth-order valence-corrected chi connectivity index (χ4v) is 2.18. The molecule has 3 rings (SSSR count). The van der Waals surface area contributed by atoms with Crippen LogP contribution in [0.25, 0.3) is 0 Å². The van der Waals surface area contributed by atoms with E-state index in [0.717, 1.165) is 31.7 Å². The first-order chi connectivity index (χ1) is 10.2. The lowest BCUT2D eigenvalue weighted by Crippen LogP contribution is -2.19. The number of carboxylic acids is 1. The normalized spacial score (nSPS) is 15.8. The van der Waals surface area contributed by atoms with E-state index in [-0.39, 0.29) is 5.56 Å². The Morgan fingerprint density at radius 2 is 2.00 bits per heavy atom. The first kappa shape index (κ1) is 13.5. The number of nitrogens with zero attached hydrogens (tertiary/aromatic N) is 4. The van der Waals surface area contributed by atoms with Crippen LogP contribution in [0.15, 0.2) is 24.8 Å². The van der Waals surface area contributed by atoms with Crippen LogP contribution in [0.1, 0.15) is 29.2 Å². The Kier molecular flexibility index (Phi) is 3.78. The van der Waals surface area contributed by atoms with Gasteiger partial charge in [0.05, 0.1) is 23.5 Å². The predicted molar refractivity (Wildman–Crippen MR) is 73.6 cm³/mol. The Morgan fingerprint density at radius 1 is 1.29 bits per heavy atom. The molecule has 0 aromatic carbocycles. The standard InChI is InChI=1S/C13H15N5O3/c19-12(20)9-5-14-13(15-6-9)17-10-7-16-18(8-10)11-1-3-21-4-2-11/h5-8,11H,1-4H2,(H,19,20)(H,14,15,17). The highest BCUT2D eigenvalue weighted by atomic mass is 16.5. The van der Waals surface area contributed by atoms with Crippen molar-refractivity contribution in [1.29, 1.82) is 0 Å². The number of hydrogen-bond donors (Lipinski definition) is 2. The molecule has 0 spiro atoms. The van der Waals surface area contributed by atoms with Crippen LogP contribution in [-0.2, 0) is 4.74 Å². The molecule has 0 saturated carbocycles. The maximum atomic E-state index is 10.7. The van der Waals surface area contributed by atoms with E-state index in [1.807, 2.05) is 10.9 Å². The van der Waals surface area contributed by atoms with Crippen LogP contribution in [0.4, 0.5) is 11.6 Å². The lowest BCUT2D eigenvalue weighted by molar-refractivity contribution is 0.0662. The molecule has 110 valence electrons.